The maximum Gasteiger partial charge on any atom is 0.210 e. The molecule has 0 amide bonds. The number of anilines is 1. The van der Waals surface area contributed by atoms with Crippen molar-refractivity contribution in [2.75, 3.05) is 18.5 Å². The maximum atomic E-state index is 5.51. The average Bonchev–Trinajstić information content (AvgIpc) is 3.03. The first-order chi connectivity index (χ1) is 10.7. The quantitative estimate of drug-likeness (QED) is 0.865. The SMILES string of the molecule is Cc1ccc(/C(=C/C2=NCCO2)Nc2ccc(Br)cc2)cc1. The molecule has 0 aromatic heterocycles. The van der Waals surface area contributed by atoms with Crippen LogP contribution in [-0.4, -0.2) is 19.0 Å². The third-order valence-corrected chi connectivity index (χ3v) is 3.89. The Morgan fingerprint density at radius 2 is 1.86 bits per heavy atom. The fourth-order valence-corrected chi connectivity index (χ4v) is 2.44. The highest BCUT2D eigenvalue weighted by Gasteiger charge is 2.09. The Morgan fingerprint density at radius 3 is 2.50 bits per heavy atom. The second-order valence-electron chi connectivity index (χ2n) is 5.12. The monoisotopic (exact) mass is 356 g/mol. The lowest BCUT2D eigenvalue weighted by molar-refractivity contribution is 0.350. The molecule has 1 N–H and O–H groups in total. The summed E-state index contributed by atoms with van der Waals surface area (Å²) < 4.78 is 6.57. The zero-order valence-corrected chi connectivity index (χ0v) is 13.9. The van der Waals surface area contributed by atoms with Crippen LogP contribution in [0.4, 0.5) is 5.69 Å². The van der Waals surface area contributed by atoms with Gasteiger partial charge in [-0.25, -0.2) is 4.99 Å². The summed E-state index contributed by atoms with van der Waals surface area (Å²) in [6.07, 6.45) is 1.96. The van der Waals surface area contributed by atoms with Gasteiger partial charge in [-0.15, -0.1) is 0 Å². The molecule has 0 spiro atoms. The zero-order valence-electron chi connectivity index (χ0n) is 12.3. The van der Waals surface area contributed by atoms with Crippen LogP contribution in [0.3, 0.4) is 0 Å². The van der Waals surface area contributed by atoms with Gasteiger partial charge in [0.15, 0.2) is 0 Å². The fraction of sp³-hybridized carbons (Fsp3) is 0.167. The van der Waals surface area contributed by atoms with E-state index in [4.69, 9.17) is 4.74 Å². The molecule has 0 saturated carbocycles. The minimum atomic E-state index is 0.658. The minimum absolute atomic E-state index is 0.658. The molecular weight excluding hydrogens is 340 g/mol. The third-order valence-electron chi connectivity index (χ3n) is 3.36. The smallest absolute Gasteiger partial charge is 0.210 e. The molecule has 3 nitrogen and oxygen atoms in total. The van der Waals surface area contributed by atoms with Gasteiger partial charge in [0, 0.05) is 16.2 Å². The number of nitrogens with zero attached hydrogens (tertiary/aromatic N) is 1. The van der Waals surface area contributed by atoms with Crippen LogP contribution in [0.25, 0.3) is 5.70 Å². The fourth-order valence-electron chi connectivity index (χ4n) is 2.18. The van der Waals surface area contributed by atoms with Gasteiger partial charge in [0.25, 0.3) is 0 Å². The second kappa shape index (κ2) is 6.79. The van der Waals surface area contributed by atoms with Crippen LogP contribution < -0.4 is 5.32 Å². The maximum absolute atomic E-state index is 5.51. The Morgan fingerprint density at radius 1 is 1.14 bits per heavy atom. The summed E-state index contributed by atoms with van der Waals surface area (Å²) in [5.74, 6) is 0.681. The molecule has 1 aliphatic rings. The lowest BCUT2D eigenvalue weighted by atomic mass is 10.1. The van der Waals surface area contributed by atoms with Crippen molar-refractivity contribution >= 4 is 33.2 Å². The predicted molar refractivity (Wildman–Crippen MR) is 95.2 cm³/mol. The van der Waals surface area contributed by atoms with Gasteiger partial charge < -0.3 is 10.1 Å². The number of ether oxygens (including phenoxy) is 1. The molecule has 2 aromatic carbocycles. The zero-order chi connectivity index (χ0) is 15.4. The highest BCUT2D eigenvalue weighted by Crippen LogP contribution is 2.21. The van der Waals surface area contributed by atoms with Crippen molar-refractivity contribution in [2.24, 2.45) is 4.99 Å². The van der Waals surface area contributed by atoms with Crippen LogP contribution in [-0.2, 0) is 4.74 Å². The van der Waals surface area contributed by atoms with Crippen LogP contribution in [0.15, 0.2) is 64.1 Å². The first kappa shape index (κ1) is 14.9. The van der Waals surface area contributed by atoms with Gasteiger partial charge in [0.2, 0.25) is 5.90 Å². The van der Waals surface area contributed by atoms with Crippen LogP contribution in [0.1, 0.15) is 11.1 Å². The predicted octanol–water partition coefficient (Wildman–Crippen LogP) is 4.64. The van der Waals surface area contributed by atoms with Gasteiger partial charge in [0.1, 0.15) is 6.61 Å². The van der Waals surface area contributed by atoms with Gasteiger partial charge in [-0.2, -0.15) is 0 Å². The van der Waals surface area contributed by atoms with Gasteiger partial charge in [0.05, 0.1) is 12.2 Å². The van der Waals surface area contributed by atoms with Crippen molar-refractivity contribution in [3.63, 3.8) is 0 Å². The molecule has 22 heavy (non-hydrogen) atoms. The van der Waals surface area contributed by atoms with Crippen molar-refractivity contribution in [3.05, 3.63) is 70.2 Å². The standard InChI is InChI=1S/C18H17BrN2O/c1-13-2-4-14(5-3-13)17(12-18-20-10-11-22-18)21-16-8-6-15(19)7-9-16/h2-9,12,21H,10-11H2,1H3/b17-12-. The Hall–Kier alpha value is -2.07. The summed E-state index contributed by atoms with van der Waals surface area (Å²) in [4.78, 5) is 4.34. The number of halogens is 1. The number of hydrogen-bond acceptors (Lipinski definition) is 3. The number of aryl methyl sites for hydroxylation is 1. The number of benzene rings is 2. The summed E-state index contributed by atoms with van der Waals surface area (Å²) in [5, 5.41) is 3.45. The Balaban J connectivity index is 1.91. The highest BCUT2D eigenvalue weighted by molar-refractivity contribution is 9.10. The molecule has 1 aliphatic heterocycles. The van der Waals surface area contributed by atoms with Crippen LogP contribution in [0.5, 0.6) is 0 Å². The van der Waals surface area contributed by atoms with Crippen LogP contribution in [0, 0.1) is 6.92 Å². The minimum Gasteiger partial charge on any atom is -0.476 e. The van der Waals surface area contributed by atoms with E-state index in [9.17, 15) is 0 Å². The van der Waals surface area contributed by atoms with E-state index < -0.39 is 0 Å². The van der Waals surface area contributed by atoms with Crippen molar-refractivity contribution in [1.82, 2.24) is 0 Å². The molecule has 0 unspecified atom stereocenters. The number of hydrogen-bond donors (Lipinski definition) is 1. The van der Waals surface area contributed by atoms with Crippen molar-refractivity contribution in [1.29, 1.82) is 0 Å². The van der Waals surface area contributed by atoms with E-state index in [0.29, 0.717) is 12.5 Å². The number of rotatable bonds is 4. The summed E-state index contributed by atoms with van der Waals surface area (Å²) in [6.45, 7) is 3.47. The molecule has 0 saturated heterocycles. The van der Waals surface area contributed by atoms with Crippen molar-refractivity contribution in [3.8, 4) is 0 Å². The Labute approximate surface area is 138 Å². The average molecular weight is 357 g/mol. The van der Waals surface area contributed by atoms with E-state index >= 15 is 0 Å². The molecule has 0 radical (unpaired) electrons. The topological polar surface area (TPSA) is 33.6 Å². The van der Waals surface area contributed by atoms with E-state index in [-0.39, 0.29) is 0 Å². The van der Waals surface area contributed by atoms with E-state index in [0.717, 1.165) is 28.0 Å². The molecule has 112 valence electrons. The Kier molecular flexibility index (Phi) is 4.59. The summed E-state index contributed by atoms with van der Waals surface area (Å²) in [6, 6.07) is 16.5. The normalized spacial score (nSPS) is 14.5. The molecule has 0 bridgehead atoms. The van der Waals surface area contributed by atoms with Gasteiger partial charge in [-0.05, 0) is 36.8 Å². The van der Waals surface area contributed by atoms with Gasteiger partial charge in [-0.3, -0.25) is 0 Å². The van der Waals surface area contributed by atoms with Crippen LogP contribution >= 0.6 is 15.9 Å². The van der Waals surface area contributed by atoms with E-state index in [1.165, 1.54) is 5.56 Å². The Bertz CT molecular complexity index is 703. The molecule has 4 heteroatoms. The van der Waals surface area contributed by atoms with Crippen molar-refractivity contribution < 1.29 is 4.74 Å². The molecule has 2 aromatic rings. The lowest BCUT2D eigenvalue weighted by Crippen LogP contribution is -2.03. The number of aliphatic imine (C=N–C) groups is 1. The molecule has 0 aliphatic carbocycles. The second-order valence-corrected chi connectivity index (χ2v) is 6.04. The largest absolute Gasteiger partial charge is 0.476 e. The molecule has 1 heterocycles. The summed E-state index contributed by atoms with van der Waals surface area (Å²) in [7, 11) is 0. The summed E-state index contributed by atoms with van der Waals surface area (Å²) >= 11 is 3.45. The van der Waals surface area contributed by atoms with Crippen molar-refractivity contribution in [2.45, 2.75) is 6.92 Å². The molecule has 0 fully saturated rings. The molecule has 0 atom stereocenters. The van der Waals surface area contributed by atoms with E-state index in [2.05, 4.69) is 57.4 Å². The van der Waals surface area contributed by atoms with Gasteiger partial charge >= 0.3 is 0 Å². The van der Waals surface area contributed by atoms with Gasteiger partial charge in [-0.1, -0.05) is 45.8 Å². The molecule has 3 rings (SSSR count). The number of nitrogens with one attached hydrogen (secondary N) is 1. The van der Waals surface area contributed by atoms with E-state index in [1.54, 1.807) is 0 Å². The first-order valence-corrected chi connectivity index (χ1v) is 7.98. The first-order valence-electron chi connectivity index (χ1n) is 7.19. The highest BCUT2D eigenvalue weighted by atomic mass is 79.9. The lowest BCUT2D eigenvalue weighted by Gasteiger charge is -2.12. The molecular formula is C18H17BrN2O. The van der Waals surface area contributed by atoms with Crippen LogP contribution in [0.2, 0.25) is 0 Å². The third kappa shape index (κ3) is 3.77. The van der Waals surface area contributed by atoms with E-state index in [1.807, 2.05) is 30.3 Å². The summed E-state index contributed by atoms with van der Waals surface area (Å²) in [5.41, 5.74) is 4.34.